The number of azo groups is 1. The Hall–Kier alpha value is -7.80. The van der Waals surface area contributed by atoms with E-state index in [0.717, 1.165) is 12.1 Å². The Labute approximate surface area is 499 Å². The molecule has 0 aliphatic rings. The van der Waals surface area contributed by atoms with E-state index in [1.807, 2.05) is 0 Å². The van der Waals surface area contributed by atoms with Gasteiger partial charge in [0.25, 0.3) is 40.5 Å². The van der Waals surface area contributed by atoms with E-state index < -0.39 is 57.9 Å². The highest BCUT2D eigenvalue weighted by atomic mass is 35.5. The van der Waals surface area contributed by atoms with E-state index >= 15 is 0 Å². The summed E-state index contributed by atoms with van der Waals surface area (Å²) in [6, 6.07) is 23.8. The molecule has 1 heterocycles. The highest BCUT2D eigenvalue weighted by Crippen LogP contribution is 2.40. The smallest absolute Gasteiger partial charge is 0.337 e. The van der Waals surface area contributed by atoms with Crippen LogP contribution in [0.2, 0.25) is 20.1 Å². The average molecular weight is 1320 g/mol. The minimum Gasteiger partial charge on any atom is -0.495 e. The number of rotatable bonds is 22. The van der Waals surface area contributed by atoms with Crippen molar-refractivity contribution in [1.82, 2.24) is 15.0 Å². The van der Waals surface area contributed by atoms with Crippen molar-refractivity contribution in [3.05, 3.63) is 129 Å². The number of nitrogen functional groups attached to an aromatic ring is 4. The molecule has 1 aromatic heterocycles. The van der Waals surface area contributed by atoms with Gasteiger partial charge in [0.05, 0.1) is 90.8 Å². The number of nitrogens with one attached hydrogen (secondary N) is 3. The van der Waals surface area contributed by atoms with Gasteiger partial charge in [0.1, 0.15) is 27.8 Å². The van der Waals surface area contributed by atoms with Crippen LogP contribution in [0.4, 0.5) is 69.0 Å². The number of ether oxygens (including phenoxy) is 3. The molecule has 0 aliphatic heterocycles. The van der Waals surface area contributed by atoms with E-state index in [1.165, 1.54) is 73.8 Å². The lowest BCUT2D eigenvalue weighted by Crippen LogP contribution is -2.11. The number of aromatic nitrogens is 3. The van der Waals surface area contributed by atoms with Crippen LogP contribution in [-0.2, 0) is 40.5 Å². The SMILES string of the molecule is COc1ccc(S(=O)(=O)O)cc1N.Nc1ccc(Cl)c(S(=O)(=O)O)c1.Nc1ccc(Nc2nc(Nc3cc(Cl)c(N)cc3OCCCS(=O)(=O)O)nc(Nc3cc(Cl)c(N=Nc4ccc(C(=O)O)c(Cl)c4)cc3OCCCS(=O)(=O)O)n2)cc1. The van der Waals surface area contributed by atoms with Gasteiger partial charge in [-0.3, -0.25) is 18.2 Å². The van der Waals surface area contributed by atoms with Crippen molar-refractivity contribution in [1.29, 1.82) is 0 Å². The van der Waals surface area contributed by atoms with Crippen LogP contribution in [0.25, 0.3) is 0 Å². The van der Waals surface area contributed by atoms with Gasteiger partial charge in [0.2, 0.25) is 17.8 Å². The van der Waals surface area contributed by atoms with Crippen molar-refractivity contribution < 1.29 is 76.0 Å². The third kappa shape index (κ3) is 21.4. The average Bonchev–Trinajstić information content (AvgIpc) is 2.82. The number of hydrogen-bond donors (Lipinski definition) is 12. The molecule has 29 nitrogen and oxygen atoms in total. The van der Waals surface area contributed by atoms with Gasteiger partial charge in [0.15, 0.2) is 0 Å². The summed E-state index contributed by atoms with van der Waals surface area (Å²) >= 11 is 24.5. The number of hydrogen-bond acceptors (Lipinski definition) is 24. The fourth-order valence-corrected chi connectivity index (χ4v) is 9.50. The summed E-state index contributed by atoms with van der Waals surface area (Å²) in [7, 11) is -15.6. The summed E-state index contributed by atoms with van der Waals surface area (Å²) in [4.78, 5) is 24.1. The van der Waals surface area contributed by atoms with Crippen molar-refractivity contribution in [2.75, 3.05) is 70.7 Å². The van der Waals surface area contributed by atoms with E-state index in [9.17, 15) is 48.1 Å². The van der Waals surface area contributed by atoms with Crippen LogP contribution in [0.15, 0.2) is 123 Å². The quantitative estimate of drug-likeness (QED) is 0.0130. The van der Waals surface area contributed by atoms with E-state index in [2.05, 4.69) is 41.1 Å². The highest BCUT2D eigenvalue weighted by Gasteiger charge is 2.19. The summed E-state index contributed by atoms with van der Waals surface area (Å²) < 4.78 is 140. The van der Waals surface area contributed by atoms with Gasteiger partial charge < -0.3 is 58.2 Å². The zero-order valence-corrected chi connectivity index (χ0v) is 49.2. The first-order valence-corrected chi connectivity index (χ1v) is 30.7. The maximum atomic E-state index is 11.4. The number of carboxylic acid groups (broad SMARTS) is 1. The molecule has 450 valence electrons. The summed E-state index contributed by atoms with van der Waals surface area (Å²) in [5.74, 6) is -1.96. The lowest BCUT2D eigenvalue weighted by Gasteiger charge is -2.17. The summed E-state index contributed by atoms with van der Waals surface area (Å²) in [5, 5.41) is 26.6. The fourth-order valence-electron chi connectivity index (χ4n) is 6.39. The Morgan fingerprint density at radius 2 is 1.08 bits per heavy atom. The van der Waals surface area contributed by atoms with Crippen LogP contribution >= 0.6 is 46.4 Å². The predicted octanol–water partition coefficient (Wildman–Crippen LogP) is 9.35. The maximum absolute atomic E-state index is 11.4. The van der Waals surface area contributed by atoms with E-state index in [0.29, 0.717) is 17.1 Å². The molecular weight excluding hydrogens is 1270 g/mol. The van der Waals surface area contributed by atoms with Crippen LogP contribution in [0.1, 0.15) is 23.2 Å². The second-order valence-corrected chi connectivity index (χ2v) is 24.2. The molecule has 0 bridgehead atoms. The molecule has 0 atom stereocenters. The second kappa shape index (κ2) is 29.1. The van der Waals surface area contributed by atoms with Crippen LogP contribution in [0.3, 0.4) is 0 Å². The first-order chi connectivity index (χ1) is 39.2. The monoisotopic (exact) mass is 1320 g/mol. The standard InChI is InChI=1S/C34H33Cl3N10O10S2.C7H9NO4S.C6H6ClNO3S/c35-22-13-20(7-8-21(22)31(48)49)46-47-26-17-30(57-10-2-12-59(53,54)55)28(15-24(26)37)42-34-44-32(40-19-5-3-18(38)4-6-19)43-33(45-34)41-27-14-23(36)25(39)16-29(27)56-9-1-11-58(50,51)52;1-12-7-3-2-5(4-6(7)8)13(9,10)11;7-5-2-1-4(8)3-6(5)12(9,10)11/h3-8,13-17H,1-2,9-12,38-39H2,(H,48,49)(H,50,51,52)(H,53,54,55)(H3,40,41,42,43,44,45);2-4H,8H2,1H3,(H,9,10,11);1-3H,8H2,(H,9,10,11). The first kappa shape index (κ1) is 67.0. The van der Waals surface area contributed by atoms with Crippen molar-refractivity contribution in [2.45, 2.75) is 22.6 Å². The molecule has 0 unspecified atom stereocenters. The minimum absolute atomic E-state index is 0.00616. The number of benzene rings is 6. The number of carboxylic acids is 1. The van der Waals surface area contributed by atoms with Gasteiger partial charge >= 0.3 is 5.97 Å². The molecule has 16 N–H and O–H groups in total. The number of nitrogens with two attached hydrogens (primary N) is 4. The number of halogens is 4. The molecule has 0 spiro atoms. The van der Waals surface area contributed by atoms with Gasteiger partial charge in [-0.1, -0.05) is 46.4 Å². The molecule has 0 fully saturated rings. The Morgan fingerprint density at radius 3 is 1.57 bits per heavy atom. The number of methoxy groups -OCH3 is 1. The fraction of sp³-hybridized carbons (Fsp3) is 0.149. The lowest BCUT2D eigenvalue weighted by molar-refractivity contribution is 0.0697. The summed E-state index contributed by atoms with van der Waals surface area (Å²) in [6.07, 6.45) is -0.153. The van der Waals surface area contributed by atoms with Crippen molar-refractivity contribution >= 4 is 162 Å². The van der Waals surface area contributed by atoms with Crippen LogP contribution in [-0.4, -0.2) is 110 Å². The molecule has 37 heteroatoms. The molecule has 7 rings (SSSR count). The summed E-state index contributed by atoms with van der Waals surface area (Å²) in [5.41, 5.74) is 24.7. The first-order valence-electron chi connectivity index (χ1n) is 23.1. The molecule has 6 aromatic carbocycles. The molecule has 7 aromatic rings. The largest absolute Gasteiger partial charge is 0.495 e. The molecule has 84 heavy (non-hydrogen) atoms. The molecular formula is C47H48Cl4N12O17S4. The van der Waals surface area contributed by atoms with Crippen molar-refractivity contribution in [2.24, 2.45) is 10.2 Å². The Bertz CT molecular complexity index is 4050. The molecule has 0 aliphatic carbocycles. The zero-order chi connectivity index (χ0) is 62.3. The van der Waals surface area contributed by atoms with E-state index in [4.69, 9.17) is 97.2 Å². The zero-order valence-electron chi connectivity index (χ0n) is 42.9. The molecule has 0 saturated heterocycles. The molecule has 0 amide bonds. The van der Waals surface area contributed by atoms with Crippen molar-refractivity contribution in [3.63, 3.8) is 0 Å². The number of aromatic carboxylic acids is 1. The van der Waals surface area contributed by atoms with Gasteiger partial charge in [-0.15, -0.1) is 5.11 Å². The Kier molecular flexibility index (Phi) is 23.2. The van der Waals surface area contributed by atoms with E-state index in [-0.39, 0.29) is 131 Å². The van der Waals surface area contributed by atoms with Crippen LogP contribution in [0, 0.1) is 0 Å². The van der Waals surface area contributed by atoms with Crippen LogP contribution < -0.4 is 53.1 Å². The lowest BCUT2D eigenvalue weighted by atomic mass is 10.2. The third-order valence-corrected chi connectivity index (χ3v) is 15.0. The predicted molar refractivity (Wildman–Crippen MR) is 316 cm³/mol. The van der Waals surface area contributed by atoms with Gasteiger partial charge in [-0.2, -0.15) is 53.7 Å². The van der Waals surface area contributed by atoms with Gasteiger partial charge in [0, 0.05) is 29.2 Å². The second-order valence-electron chi connectivity index (χ2n) is 16.7. The number of nitrogens with zero attached hydrogens (tertiary/aromatic N) is 5. The Balaban J connectivity index is 0.000000421. The van der Waals surface area contributed by atoms with Gasteiger partial charge in [-0.25, -0.2) is 4.79 Å². The van der Waals surface area contributed by atoms with Crippen LogP contribution in [0.5, 0.6) is 17.2 Å². The Morgan fingerprint density at radius 1 is 0.548 bits per heavy atom. The molecule has 0 radical (unpaired) electrons. The normalized spacial score (nSPS) is 11.6. The topological polar surface area (TPSA) is 486 Å². The van der Waals surface area contributed by atoms with Crippen molar-refractivity contribution in [3.8, 4) is 17.2 Å². The summed E-state index contributed by atoms with van der Waals surface area (Å²) in [6.45, 7) is -0.324. The number of carbonyl (C=O) groups is 1. The van der Waals surface area contributed by atoms with Gasteiger partial charge in [-0.05, 0) is 104 Å². The van der Waals surface area contributed by atoms with E-state index in [1.54, 1.807) is 24.3 Å². The minimum atomic E-state index is -4.29. The highest BCUT2D eigenvalue weighted by molar-refractivity contribution is 7.86. The molecule has 0 saturated carbocycles. The number of anilines is 10. The maximum Gasteiger partial charge on any atom is 0.337 e. The third-order valence-electron chi connectivity index (χ3n) is 10.2.